The number of hydrogen-bond donors (Lipinski definition) is 0. The molecule has 9 aromatic rings. The van der Waals surface area contributed by atoms with Gasteiger partial charge in [-0.05, 0) is 70.8 Å². The van der Waals surface area contributed by atoms with Gasteiger partial charge in [0, 0.05) is 44.4 Å². The summed E-state index contributed by atoms with van der Waals surface area (Å²) >= 11 is 0. The van der Waals surface area contributed by atoms with Crippen molar-refractivity contribution >= 4 is 43.6 Å². The molecule has 0 radical (unpaired) electrons. The standard InChI is InChI=1S/C43H30N4/c1-43(2)35-17-9-6-14-29(35)33-26-41-34(25-36(33)43)31-16-8-11-19-39(31)47(41)42-44-23-22-37(45-42)27-20-21-32-30-15-7-10-18-38(30)46(40(32)24-27)28-12-4-3-5-13-28/h3-26H,1-2H3. The second-order valence-corrected chi connectivity index (χ2v) is 13.1. The van der Waals surface area contributed by atoms with E-state index in [-0.39, 0.29) is 5.41 Å². The topological polar surface area (TPSA) is 35.6 Å². The van der Waals surface area contributed by atoms with Crippen LogP contribution in [0.15, 0.2) is 146 Å². The lowest BCUT2D eigenvalue weighted by atomic mass is 9.82. The molecule has 0 amide bonds. The van der Waals surface area contributed by atoms with Crippen molar-refractivity contribution in [1.29, 1.82) is 0 Å². The molecule has 4 nitrogen and oxygen atoms in total. The number of nitrogens with zero attached hydrogens (tertiary/aromatic N) is 4. The smallest absolute Gasteiger partial charge is 0.235 e. The maximum Gasteiger partial charge on any atom is 0.235 e. The molecule has 0 saturated heterocycles. The first-order valence-electron chi connectivity index (χ1n) is 16.2. The summed E-state index contributed by atoms with van der Waals surface area (Å²) in [4.78, 5) is 10.1. The van der Waals surface area contributed by atoms with Crippen molar-refractivity contribution in [1.82, 2.24) is 19.1 Å². The van der Waals surface area contributed by atoms with Gasteiger partial charge in [-0.3, -0.25) is 4.57 Å². The van der Waals surface area contributed by atoms with E-state index in [1.165, 1.54) is 49.3 Å². The van der Waals surface area contributed by atoms with Crippen LogP contribution >= 0.6 is 0 Å². The zero-order valence-corrected chi connectivity index (χ0v) is 26.1. The van der Waals surface area contributed by atoms with E-state index in [9.17, 15) is 0 Å². The first kappa shape index (κ1) is 26.2. The third kappa shape index (κ3) is 3.64. The van der Waals surface area contributed by atoms with Crippen LogP contribution in [0.25, 0.3) is 77.6 Å². The van der Waals surface area contributed by atoms with Gasteiger partial charge in [-0.25, -0.2) is 9.97 Å². The quantitative estimate of drug-likeness (QED) is 0.202. The molecule has 0 N–H and O–H groups in total. The van der Waals surface area contributed by atoms with Crippen LogP contribution in [-0.2, 0) is 5.41 Å². The van der Waals surface area contributed by atoms with Crippen LogP contribution in [-0.4, -0.2) is 19.1 Å². The van der Waals surface area contributed by atoms with Crippen LogP contribution in [0, 0.1) is 0 Å². The molecular formula is C43H30N4. The molecule has 3 aromatic heterocycles. The van der Waals surface area contributed by atoms with Gasteiger partial charge >= 0.3 is 0 Å². The maximum absolute atomic E-state index is 5.26. The molecule has 0 bridgehead atoms. The van der Waals surface area contributed by atoms with E-state index in [0.717, 1.165) is 33.5 Å². The molecule has 6 aromatic carbocycles. The van der Waals surface area contributed by atoms with Crippen LogP contribution < -0.4 is 0 Å². The van der Waals surface area contributed by atoms with Gasteiger partial charge in [-0.15, -0.1) is 0 Å². The van der Waals surface area contributed by atoms with E-state index < -0.39 is 0 Å². The highest BCUT2D eigenvalue weighted by Crippen LogP contribution is 2.50. The Kier molecular flexibility index (Phi) is 5.31. The lowest BCUT2D eigenvalue weighted by Crippen LogP contribution is -2.14. The highest BCUT2D eigenvalue weighted by molar-refractivity contribution is 6.12. The Morgan fingerprint density at radius 2 is 1.15 bits per heavy atom. The van der Waals surface area contributed by atoms with E-state index >= 15 is 0 Å². The van der Waals surface area contributed by atoms with Crippen molar-refractivity contribution in [3.8, 4) is 34.0 Å². The fourth-order valence-electron chi connectivity index (χ4n) is 7.98. The lowest BCUT2D eigenvalue weighted by Gasteiger charge is -2.21. The van der Waals surface area contributed by atoms with Gasteiger partial charge in [0.2, 0.25) is 5.95 Å². The molecule has 1 aliphatic rings. The Hall–Kier alpha value is -6.00. The molecule has 0 fully saturated rings. The molecule has 222 valence electrons. The molecule has 10 rings (SSSR count). The van der Waals surface area contributed by atoms with E-state index in [1.54, 1.807) is 0 Å². The largest absolute Gasteiger partial charge is 0.309 e. The minimum absolute atomic E-state index is 0.0689. The average molecular weight is 603 g/mol. The van der Waals surface area contributed by atoms with Gasteiger partial charge in [-0.2, -0.15) is 0 Å². The predicted octanol–water partition coefficient (Wildman–Crippen LogP) is 10.6. The summed E-state index contributed by atoms with van der Waals surface area (Å²) in [6.07, 6.45) is 1.89. The summed E-state index contributed by atoms with van der Waals surface area (Å²) in [5.74, 6) is 0.669. The summed E-state index contributed by atoms with van der Waals surface area (Å²) in [6, 6.07) is 50.1. The molecule has 0 atom stereocenters. The van der Waals surface area contributed by atoms with Crippen molar-refractivity contribution in [2.24, 2.45) is 0 Å². The highest BCUT2D eigenvalue weighted by atomic mass is 15.2. The monoisotopic (exact) mass is 602 g/mol. The van der Waals surface area contributed by atoms with Crippen molar-refractivity contribution in [2.45, 2.75) is 19.3 Å². The fraction of sp³-hybridized carbons (Fsp3) is 0.0698. The zero-order valence-electron chi connectivity index (χ0n) is 26.1. The molecule has 0 spiro atoms. The normalized spacial score (nSPS) is 13.5. The fourth-order valence-corrected chi connectivity index (χ4v) is 7.98. The second-order valence-electron chi connectivity index (χ2n) is 13.1. The third-order valence-corrected chi connectivity index (χ3v) is 10.2. The van der Waals surface area contributed by atoms with Gasteiger partial charge in [0.1, 0.15) is 0 Å². The zero-order chi connectivity index (χ0) is 31.3. The van der Waals surface area contributed by atoms with Gasteiger partial charge in [0.05, 0.1) is 27.8 Å². The summed E-state index contributed by atoms with van der Waals surface area (Å²) in [7, 11) is 0. The summed E-state index contributed by atoms with van der Waals surface area (Å²) < 4.78 is 4.59. The second kappa shape index (κ2) is 9.51. The molecule has 3 heterocycles. The maximum atomic E-state index is 5.26. The van der Waals surface area contributed by atoms with E-state index in [4.69, 9.17) is 9.97 Å². The van der Waals surface area contributed by atoms with E-state index in [1.807, 2.05) is 12.3 Å². The SMILES string of the molecule is CC1(C)c2ccccc2-c2cc3c(cc21)c1ccccc1n3-c1nccc(-c2ccc3c4ccccc4n(-c4ccccc4)c3c2)n1. The van der Waals surface area contributed by atoms with Crippen molar-refractivity contribution < 1.29 is 0 Å². The minimum atomic E-state index is -0.0689. The molecule has 0 unspecified atom stereocenters. The highest BCUT2D eigenvalue weighted by Gasteiger charge is 2.36. The molecule has 0 aliphatic heterocycles. The summed E-state index contributed by atoms with van der Waals surface area (Å²) in [5, 5.41) is 4.90. The Balaban J connectivity index is 1.20. The van der Waals surface area contributed by atoms with Crippen molar-refractivity contribution in [3.05, 3.63) is 157 Å². The van der Waals surface area contributed by atoms with Crippen LogP contribution in [0.1, 0.15) is 25.0 Å². The molecular weight excluding hydrogens is 573 g/mol. The Bertz CT molecular complexity index is 2710. The Morgan fingerprint density at radius 1 is 0.489 bits per heavy atom. The van der Waals surface area contributed by atoms with Crippen LogP contribution in [0.4, 0.5) is 0 Å². The molecule has 47 heavy (non-hydrogen) atoms. The summed E-state index contributed by atoms with van der Waals surface area (Å²) in [5.41, 5.74) is 12.9. The molecule has 1 aliphatic carbocycles. The van der Waals surface area contributed by atoms with Crippen LogP contribution in [0.2, 0.25) is 0 Å². The number of fused-ring (bicyclic) bond motifs is 9. The average Bonchev–Trinajstić information content (AvgIpc) is 3.71. The van der Waals surface area contributed by atoms with Crippen molar-refractivity contribution in [3.63, 3.8) is 0 Å². The van der Waals surface area contributed by atoms with Gasteiger partial charge in [-0.1, -0.05) is 105 Å². The first-order valence-corrected chi connectivity index (χ1v) is 16.2. The van der Waals surface area contributed by atoms with E-state index in [0.29, 0.717) is 5.95 Å². The van der Waals surface area contributed by atoms with Crippen molar-refractivity contribution in [2.75, 3.05) is 0 Å². The number of para-hydroxylation sites is 3. The minimum Gasteiger partial charge on any atom is -0.309 e. The van der Waals surface area contributed by atoms with E-state index in [2.05, 4.69) is 156 Å². The van der Waals surface area contributed by atoms with Crippen LogP contribution in [0.3, 0.4) is 0 Å². The lowest BCUT2D eigenvalue weighted by molar-refractivity contribution is 0.661. The van der Waals surface area contributed by atoms with Gasteiger partial charge < -0.3 is 4.57 Å². The summed E-state index contributed by atoms with van der Waals surface area (Å²) in [6.45, 7) is 4.67. The van der Waals surface area contributed by atoms with Gasteiger partial charge in [0.25, 0.3) is 0 Å². The number of benzene rings is 6. The van der Waals surface area contributed by atoms with Gasteiger partial charge in [0.15, 0.2) is 0 Å². The third-order valence-electron chi connectivity index (χ3n) is 10.2. The first-order chi connectivity index (χ1) is 23.1. The molecule has 0 saturated carbocycles. The Labute approximate surface area is 272 Å². The number of rotatable bonds is 3. The predicted molar refractivity (Wildman–Crippen MR) is 194 cm³/mol. The molecule has 4 heteroatoms. The Morgan fingerprint density at radius 3 is 1.98 bits per heavy atom. The number of aromatic nitrogens is 4. The number of hydrogen-bond acceptors (Lipinski definition) is 2. The van der Waals surface area contributed by atoms with Crippen LogP contribution in [0.5, 0.6) is 0 Å².